The number of hydrogen-bond acceptors (Lipinski definition) is 1. The highest BCUT2D eigenvalue weighted by Crippen LogP contribution is 2.50. The minimum atomic E-state index is -0.00575. The van der Waals surface area contributed by atoms with Crippen molar-refractivity contribution in [2.75, 3.05) is 0 Å². The van der Waals surface area contributed by atoms with Crippen LogP contribution in [0.15, 0.2) is 42.0 Å². The summed E-state index contributed by atoms with van der Waals surface area (Å²) >= 11 is 0. The van der Waals surface area contributed by atoms with Crippen LogP contribution < -0.4 is 0 Å². The molecule has 1 aromatic carbocycles. The Kier molecular flexibility index (Phi) is 2.82. The average Bonchev–Trinajstić information content (AvgIpc) is 2.37. The van der Waals surface area contributed by atoms with Crippen LogP contribution in [0.25, 0.3) is 0 Å². The van der Waals surface area contributed by atoms with Gasteiger partial charge in [-0.05, 0) is 45.1 Å². The van der Waals surface area contributed by atoms with Crippen molar-refractivity contribution >= 4 is 0 Å². The molecular formula is C17H22O. The van der Waals surface area contributed by atoms with E-state index in [0.29, 0.717) is 11.8 Å². The molecule has 3 rings (SSSR count). The molecule has 1 saturated heterocycles. The lowest BCUT2D eigenvalue weighted by molar-refractivity contribution is -0.166. The van der Waals surface area contributed by atoms with Gasteiger partial charge in [-0.1, -0.05) is 42.0 Å². The van der Waals surface area contributed by atoms with E-state index in [1.54, 1.807) is 0 Å². The SMILES string of the molecule is CC1=CC[C@@H]2C[C@@H]1[C@H](c1ccccc1)OC2(C)C. The van der Waals surface area contributed by atoms with Crippen molar-refractivity contribution in [2.45, 2.75) is 45.3 Å². The first-order valence-corrected chi connectivity index (χ1v) is 6.97. The minimum Gasteiger partial charge on any atom is -0.367 e. The van der Waals surface area contributed by atoms with Gasteiger partial charge >= 0.3 is 0 Å². The average molecular weight is 242 g/mol. The number of ether oxygens (including phenoxy) is 1. The molecule has 1 heterocycles. The van der Waals surface area contributed by atoms with Crippen LogP contribution in [0.1, 0.15) is 45.3 Å². The van der Waals surface area contributed by atoms with Crippen molar-refractivity contribution in [1.29, 1.82) is 0 Å². The predicted octanol–water partition coefficient (Wildman–Crippen LogP) is 4.51. The van der Waals surface area contributed by atoms with E-state index in [4.69, 9.17) is 4.74 Å². The van der Waals surface area contributed by atoms with E-state index in [0.717, 1.165) is 0 Å². The fourth-order valence-electron chi connectivity index (χ4n) is 3.45. The van der Waals surface area contributed by atoms with Crippen LogP contribution in [0.2, 0.25) is 0 Å². The van der Waals surface area contributed by atoms with Crippen LogP contribution in [0.5, 0.6) is 0 Å². The summed E-state index contributed by atoms with van der Waals surface area (Å²) in [4.78, 5) is 0. The van der Waals surface area contributed by atoms with Gasteiger partial charge in [0.1, 0.15) is 0 Å². The molecule has 18 heavy (non-hydrogen) atoms. The van der Waals surface area contributed by atoms with E-state index in [2.05, 4.69) is 57.2 Å². The molecule has 2 bridgehead atoms. The third-order valence-corrected chi connectivity index (χ3v) is 4.76. The number of benzene rings is 1. The molecule has 0 radical (unpaired) electrons. The number of fused-ring (bicyclic) bond motifs is 2. The lowest BCUT2D eigenvalue weighted by Crippen LogP contribution is -2.45. The van der Waals surface area contributed by atoms with E-state index in [1.807, 2.05) is 0 Å². The zero-order valence-electron chi connectivity index (χ0n) is 11.5. The predicted molar refractivity (Wildman–Crippen MR) is 74.3 cm³/mol. The van der Waals surface area contributed by atoms with Crippen molar-refractivity contribution in [1.82, 2.24) is 0 Å². The highest BCUT2D eigenvalue weighted by Gasteiger charge is 2.45. The van der Waals surface area contributed by atoms with Crippen molar-refractivity contribution < 1.29 is 4.74 Å². The summed E-state index contributed by atoms with van der Waals surface area (Å²) in [6, 6.07) is 10.7. The smallest absolute Gasteiger partial charge is 0.0897 e. The van der Waals surface area contributed by atoms with E-state index in [-0.39, 0.29) is 11.7 Å². The number of hydrogen-bond donors (Lipinski definition) is 0. The standard InChI is InChI=1S/C17H22O/c1-12-9-10-14-11-15(12)16(18-17(14,2)3)13-7-5-4-6-8-13/h4-9,14-16H,10-11H2,1-3H3/t14-,15+,16+/m1/s1. The highest BCUT2D eigenvalue weighted by atomic mass is 16.5. The van der Waals surface area contributed by atoms with Gasteiger partial charge in [0.25, 0.3) is 0 Å². The minimum absolute atomic E-state index is 0.00575. The first-order valence-electron chi connectivity index (χ1n) is 6.97. The molecule has 0 spiro atoms. The zero-order valence-corrected chi connectivity index (χ0v) is 11.5. The van der Waals surface area contributed by atoms with Gasteiger partial charge < -0.3 is 4.74 Å². The molecule has 1 nitrogen and oxygen atoms in total. The van der Waals surface area contributed by atoms with Crippen molar-refractivity contribution in [3.63, 3.8) is 0 Å². The molecular weight excluding hydrogens is 220 g/mol. The number of allylic oxidation sites excluding steroid dienone is 1. The van der Waals surface area contributed by atoms with Gasteiger partial charge in [-0.15, -0.1) is 0 Å². The molecule has 2 aliphatic rings. The molecule has 1 fully saturated rings. The quantitative estimate of drug-likeness (QED) is 0.658. The van der Waals surface area contributed by atoms with Crippen LogP contribution in [0.4, 0.5) is 0 Å². The van der Waals surface area contributed by atoms with Crippen LogP contribution in [0.3, 0.4) is 0 Å². The maximum absolute atomic E-state index is 6.46. The molecule has 1 aromatic rings. The van der Waals surface area contributed by atoms with Crippen molar-refractivity contribution in [3.8, 4) is 0 Å². The van der Waals surface area contributed by atoms with Gasteiger partial charge in [0.15, 0.2) is 0 Å². The molecule has 1 heteroatoms. The van der Waals surface area contributed by atoms with Gasteiger partial charge in [-0.25, -0.2) is 0 Å². The Morgan fingerprint density at radius 2 is 1.89 bits per heavy atom. The Balaban J connectivity index is 1.99. The second-order valence-corrected chi connectivity index (χ2v) is 6.28. The monoisotopic (exact) mass is 242 g/mol. The summed E-state index contributed by atoms with van der Waals surface area (Å²) in [5.74, 6) is 1.24. The van der Waals surface area contributed by atoms with Crippen LogP contribution in [-0.4, -0.2) is 5.60 Å². The Bertz CT molecular complexity index is 458. The third-order valence-electron chi connectivity index (χ3n) is 4.76. The maximum atomic E-state index is 6.46. The Morgan fingerprint density at radius 1 is 1.17 bits per heavy atom. The summed E-state index contributed by atoms with van der Waals surface area (Å²) in [7, 11) is 0. The molecule has 1 aliphatic heterocycles. The molecule has 0 aromatic heterocycles. The molecule has 0 amide bonds. The molecule has 0 saturated carbocycles. The van der Waals surface area contributed by atoms with Gasteiger partial charge in [-0.2, -0.15) is 0 Å². The summed E-state index contributed by atoms with van der Waals surface area (Å²) in [6.07, 6.45) is 5.11. The van der Waals surface area contributed by atoms with Gasteiger partial charge in [0.2, 0.25) is 0 Å². The normalized spacial score (nSPS) is 33.9. The summed E-state index contributed by atoms with van der Waals surface area (Å²) in [6.45, 7) is 6.76. The van der Waals surface area contributed by atoms with E-state index in [1.165, 1.54) is 24.0 Å². The Morgan fingerprint density at radius 3 is 2.61 bits per heavy atom. The fraction of sp³-hybridized carbons (Fsp3) is 0.529. The van der Waals surface area contributed by atoms with Crippen LogP contribution in [0, 0.1) is 11.8 Å². The Hall–Kier alpha value is -1.08. The van der Waals surface area contributed by atoms with Gasteiger partial charge in [0, 0.05) is 5.92 Å². The molecule has 3 atom stereocenters. The second-order valence-electron chi connectivity index (χ2n) is 6.28. The van der Waals surface area contributed by atoms with Crippen molar-refractivity contribution in [3.05, 3.63) is 47.5 Å². The molecule has 96 valence electrons. The largest absolute Gasteiger partial charge is 0.367 e. The first kappa shape index (κ1) is 12.0. The van der Waals surface area contributed by atoms with Crippen LogP contribution >= 0.6 is 0 Å². The maximum Gasteiger partial charge on any atom is 0.0897 e. The topological polar surface area (TPSA) is 9.23 Å². The fourth-order valence-corrected chi connectivity index (χ4v) is 3.45. The molecule has 1 aliphatic carbocycles. The van der Waals surface area contributed by atoms with Gasteiger partial charge in [0.05, 0.1) is 11.7 Å². The molecule has 0 N–H and O–H groups in total. The zero-order chi connectivity index (χ0) is 12.8. The van der Waals surface area contributed by atoms with Crippen molar-refractivity contribution in [2.24, 2.45) is 11.8 Å². The molecule has 0 unspecified atom stereocenters. The van der Waals surface area contributed by atoms with E-state index < -0.39 is 0 Å². The highest BCUT2D eigenvalue weighted by molar-refractivity contribution is 5.25. The van der Waals surface area contributed by atoms with Gasteiger partial charge in [-0.3, -0.25) is 0 Å². The lowest BCUT2D eigenvalue weighted by Gasteiger charge is -2.49. The Labute approximate surface area is 110 Å². The lowest BCUT2D eigenvalue weighted by atomic mass is 9.69. The van der Waals surface area contributed by atoms with E-state index in [9.17, 15) is 0 Å². The van der Waals surface area contributed by atoms with Crippen LogP contribution in [-0.2, 0) is 4.74 Å². The summed E-state index contributed by atoms with van der Waals surface area (Å²) in [5, 5.41) is 0. The summed E-state index contributed by atoms with van der Waals surface area (Å²) < 4.78 is 6.46. The third kappa shape index (κ3) is 1.91. The number of rotatable bonds is 1. The second kappa shape index (κ2) is 4.24. The summed E-state index contributed by atoms with van der Waals surface area (Å²) in [5.41, 5.74) is 2.83. The van der Waals surface area contributed by atoms with E-state index >= 15 is 0 Å². The first-order chi connectivity index (χ1) is 8.58.